The van der Waals surface area contributed by atoms with Crippen LogP contribution in [0.1, 0.15) is 36.8 Å². The molecule has 0 aliphatic heterocycles. The maximum Gasteiger partial charge on any atom is 0.258 e. The van der Waals surface area contributed by atoms with E-state index in [0.29, 0.717) is 11.7 Å². The van der Waals surface area contributed by atoms with Crippen molar-refractivity contribution >= 4 is 0 Å². The molecule has 0 spiro atoms. The van der Waals surface area contributed by atoms with Crippen molar-refractivity contribution in [3.8, 4) is 11.5 Å². The number of hydrogen-bond donors (Lipinski definition) is 1. The highest BCUT2D eigenvalue weighted by Gasteiger charge is 2.18. The van der Waals surface area contributed by atoms with Gasteiger partial charge in [-0.2, -0.15) is 4.98 Å². The van der Waals surface area contributed by atoms with Crippen molar-refractivity contribution in [2.24, 2.45) is 5.73 Å². The second kappa shape index (κ2) is 6.83. The number of rotatable bonds is 6. The second-order valence-electron chi connectivity index (χ2n) is 5.37. The first-order chi connectivity index (χ1) is 10.0. The molecule has 2 rings (SSSR count). The zero-order valence-corrected chi connectivity index (χ0v) is 13.3. The quantitative estimate of drug-likeness (QED) is 0.885. The van der Waals surface area contributed by atoms with E-state index in [1.54, 1.807) is 0 Å². The third-order valence-corrected chi connectivity index (χ3v) is 3.75. The molecule has 1 aromatic heterocycles. The van der Waals surface area contributed by atoms with E-state index in [-0.39, 0.29) is 6.04 Å². The lowest BCUT2D eigenvalue weighted by Gasteiger charge is -2.20. The topological polar surface area (TPSA) is 68.2 Å². The molecular weight excluding hydrogens is 264 g/mol. The Morgan fingerprint density at radius 2 is 1.95 bits per heavy atom. The van der Waals surface area contributed by atoms with Crippen LogP contribution in [0.4, 0.5) is 0 Å². The molecule has 0 aliphatic carbocycles. The molecular formula is C16H24N4O. The summed E-state index contributed by atoms with van der Waals surface area (Å²) < 4.78 is 5.40. The lowest BCUT2D eigenvalue weighted by molar-refractivity contribution is 0.278. The molecule has 1 aromatic carbocycles. The summed E-state index contributed by atoms with van der Waals surface area (Å²) in [5.74, 6) is 1.11. The van der Waals surface area contributed by atoms with Gasteiger partial charge in [-0.15, -0.1) is 0 Å². The summed E-state index contributed by atoms with van der Waals surface area (Å²) in [4.78, 5) is 6.72. The first-order valence-corrected chi connectivity index (χ1v) is 7.44. The van der Waals surface area contributed by atoms with Crippen molar-refractivity contribution in [3.63, 3.8) is 0 Å². The molecule has 0 saturated carbocycles. The van der Waals surface area contributed by atoms with E-state index >= 15 is 0 Å². The molecule has 1 atom stereocenters. The molecule has 2 aromatic rings. The third kappa shape index (κ3) is 3.68. The van der Waals surface area contributed by atoms with E-state index in [2.05, 4.69) is 47.1 Å². The molecule has 2 N–H and O–H groups in total. The Morgan fingerprint density at radius 1 is 1.24 bits per heavy atom. The van der Waals surface area contributed by atoms with Crippen LogP contribution in [0.2, 0.25) is 0 Å². The van der Waals surface area contributed by atoms with Gasteiger partial charge in [-0.1, -0.05) is 36.7 Å². The van der Waals surface area contributed by atoms with Crippen molar-refractivity contribution in [1.82, 2.24) is 15.0 Å². The zero-order valence-electron chi connectivity index (χ0n) is 13.3. The average molecular weight is 288 g/mol. The first kappa shape index (κ1) is 15.7. The van der Waals surface area contributed by atoms with Gasteiger partial charge in [-0.05, 0) is 38.6 Å². The fourth-order valence-corrected chi connectivity index (χ4v) is 2.30. The standard InChI is InChI=1S/C16H24N4O/c1-5-20(6-2)10-14(17)15-18-16(21-19-15)13-9-11(3)7-8-12(13)4/h7-9,14H,5-6,10,17H2,1-4H3. The van der Waals surface area contributed by atoms with E-state index in [1.807, 2.05) is 13.8 Å². The van der Waals surface area contributed by atoms with Crippen LogP contribution in [-0.2, 0) is 0 Å². The molecule has 1 heterocycles. The highest BCUT2D eigenvalue weighted by molar-refractivity contribution is 5.59. The van der Waals surface area contributed by atoms with Gasteiger partial charge in [-0.25, -0.2) is 0 Å². The summed E-state index contributed by atoms with van der Waals surface area (Å²) in [7, 11) is 0. The minimum Gasteiger partial charge on any atom is -0.334 e. The number of aromatic nitrogens is 2. The molecule has 0 bridgehead atoms. The normalized spacial score (nSPS) is 12.9. The van der Waals surface area contributed by atoms with E-state index in [4.69, 9.17) is 10.3 Å². The zero-order chi connectivity index (χ0) is 15.4. The Hall–Kier alpha value is -1.72. The molecule has 5 nitrogen and oxygen atoms in total. The molecule has 114 valence electrons. The molecule has 0 radical (unpaired) electrons. The number of likely N-dealkylation sites (N-methyl/N-ethyl adjacent to an activating group) is 1. The van der Waals surface area contributed by atoms with Crippen molar-refractivity contribution in [2.75, 3.05) is 19.6 Å². The van der Waals surface area contributed by atoms with Crippen LogP contribution in [0.15, 0.2) is 22.7 Å². The summed E-state index contributed by atoms with van der Waals surface area (Å²) >= 11 is 0. The molecule has 0 saturated heterocycles. The van der Waals surface area contributed by atoms with Gasteiger partial charge in [0.15, 0.2) is 5.82 Å². The predicted molar refractivity (Wildman–Crippen MR) is 83.9 cm³/mol. The number of hydrogen-bond acceptors (Lipinski definition) is 5. The van der Waals surface area contributed by atoms with E-state index in [9.17, 15) is 0 Å². The lowest BCUT2D eigenvalue weighted by atomic mass is 10.1. The van der Waals surface area contributed by atoms with E-state index < -0.39 is 0 Å². The van der Waals surface area contributed by atoms with Crippen molar-refractivity contribution in [2.45, 2.75) is 33.7 Å². The lowest BCUT2D eigenvalue weighted by Crippen LogP contribution is -2.32. The van der Waals surface area contributed by atoms with E-state index in [1.165, 1.54) is 5.56 Å². The van der Waals surface area contributed by atoms with Crippen molar-refractivity contribution in [3.05, 3.63) is 35.2 Å². The Bertz CT molecular complexity index is 590. The fourth-order valence-electron chi connectivity index (χ4n) is 2.30. The molecule has 0 fully saturated rings. The Balaban J connectivity index is 2.19. The maximum atomic E-state index is 6.18. The van der Waals surface area contributed by atoms with Gasteiger partial charge in [0.2, 0.25) is 0 Å². The smallest absolute Gasteiger partial charge is 0.258 e. The van der Waals surface area contributed by atoms with Crippen LogP contribution in [0, 0.1) is 13.8 Å². The van der Waals surface area contributed by atoms with Crippen LogP contribution >= 0.6 is 0 Å². The fraction of sp³-hybridized carbons (Fsp3) is 0.500. The van der Waals surface area contributed by atoms with E-state index in [0.717, 1.165) is 30.8 Å². The number of nitrogens with zero attached hydrogens (tertiary/aromatic N) is 3. The first-order valence-electron chi connectivity index (χ1n) is 7.44. The molecule has 0 aliphatic rings. The van der Waals surface area contributed by atoms with Crippen LogP contribution in [-0.4, -0.2) is 34.7 Å². The van der Waals surface area contributed by atoms with Gasteiger partial charge in [0.05, 0.1) is 6.04 Å². The summed E-state index contributed by atoms with van der Waals surface area (Å²) in [6, 6.07) is 5.96. The van der Waals surface area contributed by atoms with Gasteiger partial charge >= 0.3 is 0 Å². The SMILES string of the molecule is CCN(CC)CC(N)c1noc(-c2cc(C)ccc2C)n1. The van der Waals surface area contributed by atoms with Crippen LogP contribution in [0.3, 0.4) is 0 Å². The summed E-state index contributed by atoms with van der Waals surface area (Å²) in [6.07, 6.45) is 0. The third-order valence-electron chi connectivity index (χ3n) is 3.75. The Morgan fingerprint density at radius 3 is 2.62 bits per heavy atom. The number of benzene rings is 1. The largest absolute Gasteiger partial charge is 0.334 e. The predicted octanol–water partition coefficient (Wildman–Crippen LogP) is 2.70. The Labute approximate surface area is 126 Å². The molecule has 21 heavy (non-hydrogen) atoms. The minimum absolute atomic E-state index is 0.229. The van der Waals surface area contributed by atoms with Crippen molar-refractivity contribution < 1.29 is 4.52 Å². The van der Waals surface area contributed by atoms with Crippen LogP contribution < -0.4 is 5.73 Å². The molecule has 1 unspecified atom stereocenters. The summed E-state index contributed by atoms with van der Waals surface area (Å²) in [6.45, 7) is 11.0. The maximum absolute atomic E-state index is 6.18. The monoisotopic (exact) mass is 288 g/mol. The second-order valence-corrected chi connectivity index (χ2v) is 5.37. The highest BCUT2D eigenvalue weighted by Crippen LogP contribution is 2.23. The van der Waals surface area contributed by atoms with Gasteiger partial charge in [0, 0.05) is 12.1 Å². The van der Waals surface area contributed by atoms with Crippen molar-refractivity contribution in [1.29, 1.82) is 0 Å². The summed E-state index contributed by atoms with van der Waals surface area (Å²) in [5.41, 5.74) is 9.44. The van der Waals surface area contributed by atoms with Gasteiger partial charge in [0.25, 0.3) is 5.89 Å². The average Bonchev–Trinajstić information content (AvgIpc) is 2.96. The minimum atomic E-state index is -0.229. The van der Waals surface area contributed by atoms with Gasteiger partial charge in [0.1, 0.15) is 0 Å². The van der Waals surface area contributed by atoms with Gasteiger partial charge in [-0.3, -0.25) is 0 Å². The number of aryl methyl sites for hydroxylation is 2. The number of nitrogens with two attached hydrogens (primary N) is 1. The summed E-state index contributed by atoms with van der Waals surface area (Å²) in [5, 5.41) is 4.05. The molecule has 5 heteroatoms. The Kier molecular flexibility index (Phi) is 5.09. The van der Waals surface area contributed by atoms with Gasteiger partial charge < -0.3 is 15.2 Å². The van der Waals surface area contributed by atoms with Crippen LogP contribution in [0.25, 0.3) is 11.5 Å². The molecule has 0 amide bonds. The highest BCUT2D eigenvalue weighted by atomic mass is 16.5. The van der Waals surface area contributed by atoms with Crippen LogP contribution in [0.5, 0.6) is 0 Å².